The van der Waals surface area contributed by atoms with Gasteiger partial charge in [0, 0.05) is 16.3 Å². The number of para-hydroxylation sites is 1. The largest absolute Gasteiger partial charge is 0.296 e. The van der Waals surface area contributed by atoms with Crippen LogP contribution in [0.15, 0.2) is 47.8 Å². The third kappa shape index (κ3) is 2.59. The first kappa shape index (κ1) is 15.3. The third-order valence-electron chi connectivity index (χ3n) is 4.80. The molecule has 5 rings (SSSR count). The molecule has 0 spiro atoms. The van der Waals surface area contributed by atoms with Gasteiger partial charge in [-0.25, -0.2) is 4.98 Å². The minimum Gasteiger partial charge on any atom is -0.296 e. The van der Waals surface area contributed by atoms with Crippen LogP contribution in [0.5, 0.6) is 0 Å². The van der Waals surface area contributed by atoms with Gasteiger partial charge in [0.05, 0.1) is 11.2 Å². The van der Waals surface area contributed by atoms with Gasteiger partial charge in [0.25, 0.3) is 5.91 Å². The van der Waals surface area contributed by atoms with Crippen molar-refractivity contribution in [3.05, 3.63) is 64.7 Å². The Hall–Kier alpha value is -2.99. The summed E-state index contributed by atoms with van der Waals surface area (Å²) in [5.41, 5.74) is 6.09. The lowest BCUT2D eigenvalue weighted by Crippen LogP contribution is -2.12. The standard InChI is InChI=1S/C20H16N4OS/c25-19(18-15-6-1-2-7-16(15)23-24-18)22-20-21-17(11-26-20)14-9-8-12-4-3-5-13(12)10-14/h1-2,6-11H,3-5H2,(H,23,24)(H,21,22,25). The van der Waals surface area contributed by atoms with Crippen molar-refractivity contribution >= 4 is 33.3 Å². The molecule has 1 amide bonds. The van der Waals surface area contributed by atoms with E-state index in [1.165, 1.54) is 35.3 Å². The third-order valence-corrected chi connectivity index (χ3v) is 5.56. The number of hydrogen-bond donors (Lipinski definition) is 2. The molecule has 0 fully saturated rings. The molecule has 0 bridgehead atoms. The van der Waals surface area contributed by atoms with E-state index in [9.17, 15) is 4.79 Å². The number of aromatic amines is 1. The second kappa shape index (κ2) is 6.07. The van der Waals surface area contributed by atoms with Crippen LogP contribution in [0.4, 0.5) is 5.13 Å². The Bertz CT molecular complexity index is 1130. The monoisotopic (exact) mass is 360 g/mol. The maximum absolute atomic E-state index is 12.6. The van der Waals surface area contributed by atoms with Crippen molar-refractivity contribution in [2.75, 3.05) is 5.32 Å². The fourth-order valence-electron chi connectivity index (χ4n) is 3.49. The van der Waals surface area contributed by atoms with E-state index in [1.807, 2.05) is 29.6 Å². The van der Waals surface area contributed by atoms with Crippen molar-refractivity contribution in [2.45, 2.75) is 19.3 Å². The molecule has 0 radical (unpaired) electrons. The number of aryl methyl sites for hydroxylation is 2. The van der Waals surface area contributed by atoms with E-state index in [-0.39, 0.29) is 5.91 Å². The predicted octanol–water partition coefficient (Wildman–Crippen LogP) is 4.43. The van der Waals surface area contributed by atoms with Crippen LogP contribution >= 0.6 is 11.3 Å². The number of hydrogen-bond acceptors (Lipinski definition) is 4. The van der Waals surface area contributed by atoms with Crippen molar-refractivity contribution in [1.29, 1.82) is 0 Å². The van der Waals surface area contributed by atoms with E-state index in [0.29, 0.717) is 10.8 Å². The highest BCUT2D eigenvalue weighted by Crippen LogP contribution is 2.30. The second-order valence-corrected chi connectivity index (χ2v) is 7.30. The predicted molar refractivity (Wildman–Crippen MR) is 104 cm³/mol. The van der Waals surface area contributed by atoms with E-state index in [1.54, 1.807) is 0 Å². The number of carbonyl (C=O) groups is 1. The van der Waals surface area contributed by atoms with Gasteiger partial charge in [-0.05, 0) is 42.5 Å². The normalized spacial score (nSPS) is 13.1. The average Bonchev–Trinajstić information content (AvgIpc) is 3.39. The van der Waals surface area contributed by atoms with Crippen LogP contribution in [0, 0.1) is 0 Å². The molecule has 4 aromatic rings. The molecular weight excluding hydrogens is 344 g/mol. The molecule has 2 heterocycles. The minimum atomic E-state index is -0.252. The molecule has 128 valence electrons. The van der Waals surface area contributed by atoms with Crippen molar-refractivity contribution in [3.63, 3.8) is 0 Å². The first-order valence-electron chi connectivity index (χ1n) is 8.60. The van der Waals surface area contributed by atoms with E-state index in [2.05, 4.69) is 38.7 Å². The van der Waals surface area contributed by atoms with Gasteiger partial charge < -0.3 is 0 Å². The number of aromatic nitrogens is 3. The zero-order chi connectivity index (χ0) is 17.5. The Morgan fingerprint density at radius 3 is 2.96 bits per heavy atom. The quantitative estimate of drug-likeness (QED) is 0.568. The number of carbonyl (C=O) groups excluding carboxylic acids is 1. The zero-order valence-corrected chi connectivity index (χ0v) is 14.8. The number of thiazole rings is 1. The molecular formula is C20H16N4OS. The van der Waals surface area contributed by atoms with E-state index in [0.717, 1.165) is 28.6 Å². The number of H-pyrrole nitrogens is 1. The van der Waals surface area contributed by atoms with E-state index in [4.69, 9.17) is 0 Å². The van der Waals surface area contributed by atoms with Crippen molar-refractivity contribution in [2.24, 2.45) is 0 Å². The van der Waals surface area contributed by atoms with E-state index >= 15 is 0 Å². The van der Waals surface area contributed by atoms with Crippen LogP contribution in [0.2, 0.25) is 0 Å². The molecule has 2 aromatic carbocycles. The van der Waals surface area contributed by atoms with Gasteiger partial charge in [0.2, 0.25) is 0 Å². The highest BCUT2D eigenvalue weighted by Gasteiger charge is 2.17. The summed E-state index contributed by atoms with van der Waals surface area (Å²) in [6, 6.07) is 14.1. The first-order valence-corrected chi connectivity index (χ1v) is 9.48. The maximum Gasteiger partial charge on any atom is 0.278 e. The van der Waals surface area contributed by atoms with Crippen LogP contribution in [0.25, 0.3) is 22.2 Å². The molecule has 1 aliphatic rings. The van der Waals surface area contributed by atoms with Crippen LogP contribution in [0.1, 0.15) is 28.0 Å². The number of nitrogens with one attached hydrogen (secondary N) is 2. The fraction of sp³-hybridized carbons (Fsp3) is 0.150. The molecule has 0 atom stereocenters. The summed E-state index contributed by atoms with van der Waals surface area (Å²) < 4.78 is 0. The summed E-state index contributed by atoms with van der Waals surface area (Å²) in [6.45, 7) is 0. The Labute approximate surface area is 154 Å². The lowest BCUT2D eigenvalue weighted by molar-refractivity contribution is 0.102. The van der Waals surface area contributed by atoms with Crippen LogP contribution in [-0.2, 0) is 12.8 Å². The van der Waals surface area contributed by atoms with Crippen molar-refractivity contribution < 1.29 is 4.79 Å². The smallest absolute Gasteiger partial charge is 0.278 e. The number of fused-ring (bicyclic) bond motifs is 2. The number of benzene rings is 2. The summed E-state index contributed by atoms with van der Waals surface area (Å²) in [5.74, 6) is -0.252. The number of rotatable bonds is 3. The maximum atomic E-state index is 12.6. The van der Waals surface area contributed by atoms with Crippen molar-refractivity contribution in [1.82, 2.24) is 15.2 Å². The molecule has 2 N–H and O–H groups in total. The van der Waals surface area contributed by atoms with Gasteiger partial charge in [0.1, 0.15) is 0 Å². The summed E-state index contributed by atoms with van der Waals surface area (Å²) >= 11 is 1.43. The average molecular weight is 360 g/mol. The number of nitrogens with zero attached hydrogens (tertiary/aromatic N) is 2. The van der Waals surface area contributed by atoms with Crippen LogP contribution < -0.4 is 5.32 Å². The Morgan fingerprint density at radius 1 is 1.12 bits per heavy atom. The molecule has 0 unspecified atom stereocenters. The Balaban J connectivity index is 1.39. The molecule has 6 heteroatoms. The van der Waals surface area contributed by atoms with Gasteiger partial charge in [0.15, 0.2) is 10.8 Å². The topological polar surface area (TPSA) is 70.7 Å². The molecule has 0 saturated carbocycles. The SMILES string of the molecule is O=C(Nc1nc(-c2ccc3c(c2)CCC3)cs1)c1n[nH]c2ccccc12. The highest BCUT2D eigenvalue weighted by atomic mass is 32.1. The van der Waals surface area contributed by atoms with E-state index < -0.39 is 0 Å². The molecule has 0 aliphatic heterocycles. The zero-order valence-electron chi connectivity index (χ0n) is 14.0. The molecule has 26 heavy (non-hydrogen) atoms. The molecule has 2 aromatic heterocycles. The van der Waals surface area contributed by atoms with Crippen LogP contribution in [0.3, 0.4) is 0 Å². The lowest BCUT2D eigenvalue weighted by atomic mass is 10.1. The summed E-state index contributed by atoms with van der Waals surface area (Å²) in [5, 5.41) is 13.3. The Kier molecular flexibility index (Phi) is 3.57. The van der Waals surface area contributed by atoms with Crippen molar-refractivity contribution in [3.8, 4) is 11.3 Å². The second-order valence-electron chi connectivity index (χ2n) is 6.45. The van der Waals surface area contributed by atoms with Gasteiger partial charge >= 0.3 is 0 Å². The Morgan fingerprint density at radius 2 is 2.00 bits per heavy atom. The highest BCUT2D eigenvalue weighted by molar-refractivity contribution is 7.14. The van der Waals surface area contributed by atoms with Crippen LogP contribution in [-0.4, -0.2) is 21.1 Å². The molecule has 5 nitrogen and oxygen atoms in total. The number of amides is 1. The van der Waals surface area contributed by atoms with Gasteiger partial charge in [-0.15, -0.1) is 11.3 Å². The van der Waals surface area contributed by atoms with Gasteiger partial charge in [-0.1, -0.05) is 30.3 Å². The molecule has 0 saturated heterocycles. The number of anilines is 1. The summed E-state index contributed by atoms with van der Waals surface area (Å²) in [6.07, 6.45) is 3.55. The van der Waals surface area contributed by atoms with Gasteiger partial charge in [-0.3, -0.25) is 15.2 Å². The molecule has 1 aliphatic carbocycles. The first-order chi connectivity index (χ1) is 12.8. The fourth-order valence-corrected chi connectivity index (χ4v) is 4.20. The lowest BCUT2D eigenvalue weighted by Gasteiger charge is -2.02. The summed E-state index contributed by atoms with van der Waals surface area (Å²) in [4.78, 5) is 17.1. The minimum absolute atomic E-state index is 0.252. The van der Waals surface area contributed by atoms with Gasteiger partial charge in [-0.2, -0.15) is 5.10 Å². The summed E-state index contributed by atoms with van der Waals surface area (Å²) in [7, 11) is 0.